The van der Waals surface area contributed by atoms with Crippen LogP contribution in [0.1, 0.15) is 57.5 Å². The number of esters is 1. The number of aryl methyl sites for hydroxylation is 2. The number of amides is 1. The highest BCUT2D eigenvalue weighted by molar-refractivity contribution is 8.18. The molecule has 2 aromatic heterocycles. The summed E-state index contributed by atoms with van der Waals surface area (Å²) in [4.78, 5) is 30.4. The Labute approximate surface area is 177 Å². The minimum absolute atomic E-state index is 0.253. The molecule has 1 aliphatic heterocycles. The number of rotatable bonds is 4. The van der Waals surface area contributed by atoms with Crippen molar-refractivity contribution < 1.29 is 14.3 Å². The van der Waals surface area contributed by atoms with Crippen LogP contribution in [0.5, 0.6) is 0 Å². The molecule has 0 saturated heterocycles. The van der Waals surface area contributed by atoms with Crippen LogP contribution in [0.25, 0.3) is 11.1 Å². The number of aromatic nitrogens is 1. The number of hydrogen-bond donors (Lipinski definition) is 1. The van der Waals surface area contributed by atoms with E-state index in [1.54, 1.807) is 11.3 Å². The predicted octanol–water partition coefficient (Wildman–Crippen LogP) is 4.14. The second-order valence-corrected chi connectivity index (χ2v) is 9.29. The van der Waals surface area contributed by atoms with E-state index in [-0.39, 0.29) is 17.0 Å². The minimum Gasteiger partial charge on any atom is -0.462 e. The third kappa shape index (κ3) is 3.55. The molecule has 0 atom stereocenters. The molecule has 6 nitrogen and oxygen atoms in total. The summed E-state index contributed by atoms with van der Waals surface area (Å²) >= 11 is 2.86. The zero-order valence-corrected chi connectivity index (χ0v) is 18.3. The quantitative estimate of drug-likeness (QED) is 0.583. The first kappa shape index (κ1) is 20.0. The molecular formula is C21H23N3O3S2. The number of thioether (sulfide) groups is 1. The first-order valence-electron chi connectivity index (χ1n) is 9.69. The number of thiophene rings is 1. The van der Waals surface area contributed by atoms with E-state index in [4.69, 9.17) is 10.5 Å². The van der Waals surface area contributed by atoms with Crippen molar-refractivity contribution in [2.24, 2.45) is 10.7 Å². The Morgan fingerprint density at radius 2 is 2.10 bits per heavy atom. The number of ether oxygens (including phenoxy) is 1. The third-order valence-corrected chi connectivity index (χ3v) is 7.32. The van der Waals surface area contributed by atoms with E-state index >= 15 is 0 Å². The molecule has 0 fully saturated rings. The fourth-order valence-corrected chi connectivity index (χ4v) is 6.10. The molecule has 2 N–H and O–H groups in total. The lowest BCUT2D eigenvalue weighted by molar-refractivity contribution is -0.113. The van der Waals surface area contributed by atoms with Gasteiger partial charge >= 0.3 is 5.97 Å². The molecule has 0 aromatic carbocycles. The van der Waals surface area contributed by atoms with Crippen molar-refractivity contribution in [3.05, 3.63) is 43.9 Å². The van der Waals surface area contributed by atoms with E-state index in [0.29, 0.717) is 17.1 Å². The maximum absolute atomic E-state index is 12.8. The maximum Gasteiger partial charge on any atom is 0.341 e. The molecule has 4 rings (SSSR count). The molecule has 3 heterocycles. The van der Waals surface area contributed by atoms with Gasteiger partial charge in [0.25, 0.3) is 5.91 Å². The number of aliphatic imine (C=N–C) groups is 1. The van der Waals surface area contributed by atoms with Gasteiger partial charge in [-0.15, -0.1) is 11.3 Å². The van der Waals surface area contributed by atoms with Crippen molar-refractivity contribution in [2.75, 3.05) is 6.61 Å². The normalized spacial score (nSPS) is 17.6. The number of carbonyl (C=O) groups is 2. The number of carbonyl (C=O) groups excluding carboxylic acids is 2. The predicted molar refractivity (Wildman–Crippen MR) is 118 cm³/mol. The molecule has 8 heteroatoms. The van der Waals surface area contributed by atoms with Crippen LogP contribution in [-0.2, 0) is 22.4 Å². The van der Waals surface area contributed by atoms with E-state index in [2.05, 4.69) is 9.56 Å². The number of nitrogens with two attached hydrogens (primary N) is 1. The van der Waals surface area contributed by atoms with Crippen LogP contribution in [0.2, 0.25) is 0 Å². The molecule has 29 heavy (non-hydrogen) atoms. The van der Waals surface area contributed by atoms with Gasteiger partial charge in [-0.05, 0) is 81.5 Å². The van der Waals surface area contributed by atoms with Crippen LogP contribution in [0.4, 0.5) is 0 Å². The molecule has 1 aliphatic carbocycles. The summed E-state index contributed by atoms with van der Waals surface area (Å²) in [7, 11) is 0. The molecular weight excluding hydrogens is 406 g/mol. The van der Waals surface area contributed by atoms with Crippen molar-refractivity contribution in [2.45, 2.75) is 46.5 Å². The highest BCUT2D eigenvalue weighted by atomic mass is 32.2. The van der Waals surface area contributed by atoms with Crippen LogP contribution < -0.4 is 5.73 Å². The zero-order chi connectivity index (χ0) is 20.7. The molecule has 152 valence electrons. The SMILES string of the molecule is CCOC(=O)c1c(-n2c(C)cc(/C=C3\SC(N)=NC3=O)c2C)sc2c1CCCC2. The minimum atomic E-state index is -0.309. The molecule has 1 amide bonds. The highest BCUT2D eigenvalue weighted by Gasteiger charge is 2.29. The lowest BCUT2D eigenvalue weighted by Gasteiger charge is -2.13. The van der Waals surface area contributed by atoms with E-state index < -0.39 is 0 Å². The Hall–Kier alpha value is -2.32. The van der Waals surface area contributed by atoms with Gasteiger partial charge in [-0.25, -0.2) is 4.79 Å². The fraction of sp³-hybridized carbons (Fsp3) is 0.381. The molecule has 0 radical (unpaired) electrons. The van der Waals surface area contributed by atoms with Crippen molar-refractivity contribution in [3.8, 4) is 5.00 Å². The van der Waals surface area contributed by atoms with Crippen molar-refractivity contribution in [3.63, 3.8) is 0 Å². The molecule has 2 aromatic rings. The number of fused-ring (bicyclic) bond motifs is 1. The zero-order valence-electron chi connectivity index (χ0n) is 16.7. The molecule has 0 bridgehead atoms. The maximum atomic E-state index is 12.8. The van der Waals surface area contributed by atoms with Crippen molar-refractivity contribution in [1.29, 1.82) is 0 Å². The summed E-state index contributed by atoms with van der Waals surface area (Å²) in [6.07, 6.45) is 5.99. The van der Waals surface area contributed by atoms with Gasteiger partial charge in [-0.1, -0.05) is 0 Å². The molecule has 0 unspecified atom stereocenters. The van der Waals surface area contributed by atoms with Crippen molar-refractivity contribution in [1.82, 2.24) is 4.57 Å². The summed E-state index contributed by atoms with van der Waals surface area (Å²) in [5, 5.41) is 1.18. The third-order valence-electron chi connectivity index (χ3n) is 5.23. The van der Waals surface area contributed by atoms with Gasteiger partial charge in [0.05, 0.1) is 17.1 Å². The summed E-state index contributed by atoms with van der Waals surface area (Å²) in [6, 6.07) is 2.03. The average molecular weight is 430 g/mol. The lowest BCUT2D eigenvalue weighted by Crippen LogP contribution is -2.12. The topological polar surface area (TPSA) is 86.7 Å². The van der Waals surface area contributed by atoms with Gasteiger partial charge in [-0.2, -0.15) is 4.99 Å². The van der Waals surface area contributed by atoms with Crippen LogP contribution in [-0.4, -0.2) is 28.2 Å². The van der Waals surface area contributed by atoms with Gasteiger partial charge in [-0.3, -0.25) is 4.79 Å². The van der Waals surface area contributed by atoms with Gasteiger partial charge < -0.3 is 15.0 Å². The fourth-order valence-electron chi connectivity index (χ4n) is 3.94. The summed E-state index contributed by atoms with van der Waals surface area (Å²) in [5.41, 5.74) is 10.4. The highest BCUT2D eigenvalue weighted by Crippen LogP contribution is 2.39. The average Bonchev–Trinajstić information content (AvgIpc) is 3.28. The first-order chi connectivity index (χ1) is 13.9. The number of hydrogen-bond acceptors (Lipinski definition) is 6. The van der Waals surface area contributed by atoms with E-state index in [1.807, 2.05) is 32.9 Å². The smallest absolute Gasteiger partial charge is 0.341 e. The Morgan fingerprint density at radius 3 is 2.79 bits per heavy atom. The second kappa shape index (κ2) is 7.84. The van der Waals surface area contributed by atoms with Crippen LogP contribution in [0, 0.1) is 13.8 Å². The van der Waals surface area contributed by atoms with Crippen LogP contribution in [0.15, 0.2) is 16.0 Å². The number of amidine groups is 1. The van der Waals surface area contributed by atoms with Gasteiger partial charge in [0.2, 0.25) is 0 Å². The standard InChI is InChI=1S/C21H23N3O3S2/c1-4-27-20(26)17-14-7-5-6-8-15(14)28-19(17)24-11(2)9-13(12(24)3)10-16-18(25)23-21(22)29-16/h9-10H,4-8H2,1-3H3,(H2,22,23,25)/b16-10-. The summed E-state index contributed by atoms with van der Waals surface area (Å²) < 4.78 is 7.51. The van der Waals surface area contributed by atoms with E-state index in [1.165, 1.54) is 16.6 Å². The first-order valence-corrected chi connectivity index (χ1v) is 11.3. The second-order valence-electron chi connectivity index (χ2n) is 7.14. The molecule has 0 spiro atoms. The van der Waals surface area contributed by atoms with Crippen molar-refractivity contribution >= 4 is 46.2 Å². The molecule has 2 aliphatic rings. The van der Waals surface area contributed by atoms with Gasteiger partial charge in [0.15, 0.2) is 5.17 Å². The Bertz CT molecular complexity index is 1080. The molecule has 0 saturated carbocycles. The monoisotopic (exact) mass is 429 g/mol. The van der Waals surface area contributed by atoms with Gasteiger partial charge in [0, 0.05) is 16.3 Å². The Morgan fingerprint density at radius 1 is 1.34 bits per heavy atom. The summed E-state index contributed by atoms with van der Waals surface area (Å²) in [5.74, 6) is -0.562. The van der Waals surface area contributed by atoms with Crippen LogP contribution >= 0.6 is 23.1 Å². The van der Waals surface area contributed by atoms with E-state index in [0.717, 1.165) is 53.2 Å². The largest absolute Gasteiger partial charge is 0.462 e. The lowest BCUT2D eigenvalue weighted by atomic mass is 9.95. The van der Waals surface area contributed by atoms with E-state index in [9.17, 15) is 9.59 Å². The van der Waals surface area contributed by atoms with Crippen LogP contribution in [0.3, 0.4) is 0 Å². The number of nitrogens with zero attached hydrogens (tertiary/aromatic N) is 2. The summed E-state index contributed by atoms with van der Waals surface area (Å²) in [6.45, 7) is 6.19. The van der Waals surface area contributed by atoms with Gasteiger partial charge in [0.1, 0.15) is 5.00 Å². The Balaban J connectivity index is 1.83. The Kier molecular flexibility index (Phi) is 5.40.